The smallest absolute Gasteiger partial charge is 0.345 e. The fourth-order valence-electron chi connectivity index (χ4n) is 2.88. The second-order valence-corrected chi connectivity index (χ2v) is 7.72. The van der Waals surface area contributed by atoms with Crippen LogP contribution in [0.25, 0.3) is 20.2 Å². The number of carbonyl (C=O) groups is 2. The van der Waals surface area contributed by atoms with Crippen molar-refractivity contribution in [3.8, 4) is 20.2 Å². The van der Waals surface area contributed by atoms with Crippen LogP contribution in [0.4, 0.5) is 0 Å². The Hall–Kier alpha value is -2.44. The molecule has 0 radical (unpaired) electrons. The van der Waals surface area contributed by atoms with E-state index >= 15 is 0 Å². The van der Waals surface area contributed by atoms with E-state index in [9.17, 15) is 14.7 Å². The molecule has 0 bridgehead atoms. The van der Waals surface area contributed by atoms with Gasteiger partial charge in [0.15, 0.2) is 0 Å². The number of rotatable bonds is 5. The van der Waals surface area contributed by atoms with E-state index < -0.39 is 11.9 Å². The summed E-state index contributed by atoms with van der Waals surface area (Å²) in [6, 6.07) is 10.9. The SMILES string of the molecule is CCc1c(C(=O)O)ccc(-c2ccc(-c3ccc(C(=O)O)s3)s2)c1C. The monoisotopic (exact) mass is 372 g/mol. The van der Waals surface area contributed by atoms with Crippen LogP contribution in [-0.2, 0) is 6.42 Å². The molecule has 0 saturated carbocycles. The van der Waals surface area contributed by atoms with Crippen molar-refractivity contribution in [3.63, 3.8) is 0 Å². The van der Waals surface area contributed by atoms with E-state index in [1.165, 1.54) is 11.3 Å². The minimum absolute atomic E-state index is 0.320. The number of aromatic carboxylic acids is 2. The Bertz CT molecular complexity index is 966. The second-order valence-electron chi connectivity index (χ2n) is 5.56. The van der Waals surface area contributed by atoms with Crippen molar-refractivity contribution < 1.29 is 19.8 Å². The molecular formula is C19H16O4S2. The molecule has 0 aliphatic rings. The van der Waals surface area contributed by atoms with E-state index in [1.807, 2.05) is 38.1 Å². The molecule has 4 nitrogen and oxygen atoms in total. The van der Waals surface area contributed by atoms with Crippen molar-refractivity contribution in [1.82, 2.24) is 0 Å². The summed E-state index contributed by atoms with van der Waals surface area (Å²) in [6.07, 6.45) is 0.659. The topological polar surface area (TPSA) is 74.6 Å². The lowest BCUT2D eigenvalue weighted by Gasteiger charge is -2.12. The predicted molar refractivity (Wildman–Crippen MR) is 101 cm³/mol. The van der Waals surface area contributed by atoms with Gasteiger partial charge in [0, 0.05) is 14.6 Å². The second kappa shape index (κ2) is 6.82. The minimum atomic E-state index is -0.916. The summed E-state index contributed by atoms with van der Waals surface area (Å²) in [7, 11) is 0. The Morgan fingerprint density at radius 1 is 0.880 bits per heavy atom. The molecule has 3 aromatic rings. The van der Waals surface area contributed by atoms with Crippen molar-refractivity contribution >= 4 is 34.6 Å². The maximum absolute atomic E-state index is 11.4. The highest BCUT2D eigenvalue weighted by molar-refractivity contribution is 7.24. The van der Waals surface area contributed by atoms with Crippen LogP contribution in [0.15, 0.2) is 36.4 Å². The Balaban J connectivity index is 2.02. The molecule has 3 rings (SSSR count). The molecule has 0 aliphatic heterocycles. The van der Waals surface area contributed by atoms with Crippen LogP contribution < -0.4 is 0 Å². The normalized spacial score (nSPS) is 10.8. The molecule has 0 saturated heterocycles. The van der Waals surface area contributed by atoms with E-state index in [1.54, 1.807) is 23.5 Å². The average molecular weight is 372 g/mol. The van der Waals surface area contributed by atoms with Crippen LogP contribution in [0.2, 0.25) is 0 Å². The van der Waals surface area contributed by atoms with E-state index in [0.717, 1.165) is 31.3 Å². The summed E-state index contributed by atoms with van der Waals surface area (Å²) < 4.78 is 0. The first-order chi connectivity index (χ1) is 11.9. The molecule has 0 atom stereocenters. The molecule has 6 heteroatoms. The molecule has 0 amide bonds. The van der Waals surface area contributed by atoms with Gasteiger partial charge in [0.05, 0.1) is 5.56 Å². The first-order valence-corrected chi connectivity index (χ1v) is 9.35. The Labute approximate surface area is 153 Å². The lowest BCUT2D eigenvalue weighted by molar-refractivity contribution is 0.0687. The maximum Gasteiger partial charge on any atom is 0.345 e. The lowest BCUT2D eigenvalue weighted by atomic mass is 9.94. The standard InChI is InChI=1S/C19H16O4S2/c1-3-11-10(2)12(4-5-13(11)18(20)21)14-6-7-15(24-14)16-8-9-17(25-16)19(22)23/h4-9H,3H2,1-2H3,(H,20,21)(H,22,23). The molecule has 1 aromatic carbocycles. The molecule has 0 spiro atoms. The zero-order valence-electron chi connectivity index (χ0n) is 13.7. The van der Waals surface area contributed by atoms with Crippen molar-refractivity contribution in [3.05, 3.63) is 58.0 Å². The molecule has 2 N–H and O–H groups in total. The van der Waals surface area contributed by atoms with Crippen LogP contribution in [-0.4, -0.2) is 22.2 Å². The third kappa shape index (κ3) is 3.23. The maximum atomic E-state index is 11.4. The number of carboxylic acids is 2. The van der Waals surface area contributed by atoms with Crippen molar-refractivity contribution in [1.29, 1.82) is 0 Å². The van der Waals surface area contributed by atoms with E-state index in [0.29, 0.717) is 16.9 Å². The molecule has 2 aromatic heterocycles. The van der Waals surface area contributed by atoms with Gasteiger partial charge in [-0.1, -0.05) is 13.0 Å². The molecule has 2 heterocycles. The van der Waals surface area contributed by atoms with Gasteiger partial charge >= 0.3 is 11.9 Å². The van der Waals surface area contributed by atoms with Gasteiger partial charge in [0.2, 0.25) is 0 Å². The van der Waals surface area contributed by atoms with Gasteiger partial charge < -0.3 is 10.2 Å². The third-order valence-electron chi connectivity index (χ3n) is 4.11. The highest BCUT2D eigenvalue weighted by atomic mass is 32.1. The van der Waals surface area contributed by atoms with Gasteiger partial charge in [-0.15, -0.1) is 22.7 Å². The molecule has 25 heavy (non-hydrogen) atoms. The van der Waals surface area contributed by atoms with Crippen molar-refractivity contribution in [2.24, 2.45) is 0 Å². The Morgan fingerprint density at radius 3 is 2.12 bits per heavy atom. The molecule has 0 unspecified atom stereocenters. The molecular weight excluding hydrogens is 356 g/mol. The first kappa shape index (κ1) is 17.4. The highest BCUT2D eigenvalue weighted by Gasteiger charge is 2.16. The lowest BCUT2D eigenvalue weighted by Crippen LogP contribution is -2.04. The summed E-state index contributed by atoms with van der Waals surface area (Å²) in [5.41, 5.74) is 3.20. The van der Waals surface area contributed by atoms with Crippen LogP contribution >= 0.6 is 22.7 Å². The number of hydrogen-bond donors (Lipinski definition) is 2. The van der Waals surface area contributed by atoms with Gasteiger partial charge in [-0.2, -0.15) is 0 Å². The van der Waals surface area contributed by atoms with Crippen LogP contribution in [0.5, 0.6) is 0 Å². The summed E-state index contributed by atoms with van der Waals surface area (Å²) in [4.78, 5) is 25.7. The zero-order valence-corrected chi connectivity index (χ0v) is 15.3. The Kier molecular flexibility index (Phi) is 4.74. The van der Waals surface area contributed by atoms with Gasteiger partial charge in [-0.25, -0.2) is 9.59 Å². The number of hydrogen-bond acceptors (Lipinski definition) is 4. The fourth-order valence-corrected chi connectivity index (χ4v) is 4.90. The summed E-state index contributed by atoms with van der Waals surface area (Å²) in [5, 5.41) is 18.4. The summed E-state index contributed by atoms with van der Waals surface area (Å²) >= 11 is 2.84. The van der Waals surface area contributed by atoms with E-state index in [-0.39, 0.29) is 0 Å². The third-order valence-corrected chi connectivity index (χ3v) is 6.50. The number of benzene rings is 1. The quantitative estimate of drug-likeness (QED) is 0.628. The highest BCUT2D eigenvalue weighted by Crippen LogP contribution is 2.39. The van der Waals surface area contributed by atoms with Crippen molar-refractivity contribution in [2.45, 2.75) is 20.3 Å². The van der Waals surface area contributed by atoms with Crippen molar-refractivity contribution in [2.75, 3.05) is 0 Å². The van der Waals surface area contributed by atoms with Crippen LogP contribution in [0.1, 0.15) is 38.1 Å². The zero-order chi connectivity index (χ0) is 18.1. The van der Waals surface area contributed by atoms with Gasteiger partial charge in [-0.3, -0.25) is 0 Å². The van der Waals surface area contributed by atoms with E-state index in [2.05, 4.69) is 0 Å². The van der Waals surface area contributed by atoms with E-state index in [4.69, 9.17) is 5.11 Å². The number of carboxylic acid groups (broad SMARTS) is 2. The summed E-state index contributed by atoms with van der Waals surface area (Å²) in [6.45, 7) is 3.91. The predicted octanol–water partition coefficient (Wildman–Crippen LogP) is 5.41. The largest absolute Gasteiger partial charge is 0.478 e. The van der Waals surface area contributed by atoms with Gasteiger partial charge in [0.25, 0.3) is 0 Å². The Morgan fingerprint density at radius 2 is 1.52 bits per heavy atom. The average Bonchev–Trinajstić information content (AvgIpc) is 3.23. The van der Waals surface area contributed by atoms with Crippen LogP contribution in [0, 0.1) is 6.92 Å². The molecule has 128 valence electrons. The van der Waals surface area contributed by atoms with Gasteiger partial charge in [-0.05, 0) is 60.4 Å². The van der Waals surface area contributed by atoms with Gasteiger partial charge in [0.1, 0.15) is 4.88 Å². The number of thiophene rings is 2. The minimum Gasteiger partial charge on any atom is -0.478 e. The summed E-state index contributed by atoms with van der Waals surface area (Å²) in [5.74, 6) is -1.82. The van der Waals surface area contributed by atoms with Crippen LogP contribution in [0.3, 0.4) is 0 Å². The molecule has 0 fully saturated rings. The fraction of sp³-hybridized carbons (Fsp3) is 0.158. The first-order valence-electron chi connectivity index (χ1n) is 7.71. The molecule has 0 aliphatic carbocycles.